The lowest BCUT2D eigenvalue weighted by Gasteiger charge is -2.24. The topological polar surface area (TPSA) is 58.6 Å². The van der Waals surface area contributed by atoms with E-state index < -0.39 is 11.7 Å². The van der Waals surface area contributed by atoms with Crippen molar-refractivity contribution in [1.82, 2.24) is 5.32 Å². The van der Waals surface area contributed by atoms with Gasteiger partial charge in [-0.2, -0.15) is 0 Å². The Morgan fingerprint density at radius 3 is 2.38 bits per heavy atom. The highest BCUT2D eigenvalue weighted by Crippen LogP contribution is 2.11. The van der Waals surface area contributed by atoms with Gasteiger partial charge in [0.05, 0.1) is 12.6 Å². The van der Waals surface area contributed by atoms with Gasteiger partial charge in [0.25, 0.3) is 0 Å². The van der Waals surface area contributed by atoms with Crippen molar-refractivity contribution in [3.63, 3.8) is 0 Å². The summed E-state index contributed by atoms with van der Waals surface area (Å²) in [6.45, 7) is 9.58. The molecule has 4 heteroatoms. The molecule has 96 valence electrons. The molecular weight excluding hydrogens is 206 g/mol. The number of ether oxygens (including phenoxy) is 1. The molecule has 0 saturated carbocycles. The number of carbonyl (C=O) groups is 1. The normalized spacial score (nSPS) is 15.4. The van der Waals surface area contributed by atoms with Crippen LogP contribution in [0.25, 0.3) is 0 Å². The van der Waals surface area contributed by atoms with Crippen LogP contribution in [0.3, 0.4) is 0 Å². The first-order valence-electron chi connectivity index (χ1n) is 5.88. The molecule has 0 heterocycles. The summed E-state index contributed by atoms with van der Waals surface area (Å²) in [5, 5.41) is 11.8. The summed E-state index contributed by atoms with van der Waals surface area (Å²) in [7, 11) is 0. The van der Waals surface area contributed by atoms with E-state index in [-0.39, 0.29) is 12.6 Å². The molecule has 0 aliphatic rings. The highest BCUT2D eigenvalue weighted by atomic mass is 16.6. The number of aliphatic hydroxyl groups excluding tert-OH is 1. The summed E-state index contributed by atoms with van der Waals surface area (Å²) in [6.07, 6.45) is 1.34. The number of rotatable bonds is 5. The summed E-state index contributed by atoms with van der Waals surface area (Å²) in [5.74, 6) is 0.479. The van der Waals surface area contributed by atoms with E-state index in [1.54, 1.807) is 0 Å². The first-order chi connectivity index (χ1) is 7.28. The van der Waals surface area contributed by atoms with Gasteiger partial charge in [-0.25, -0.2) is 4.79 Å². The molecule has 1 amide bonds. The maximum absolute atomic E-state index is 11.5. The van der Waals surface area contributed by atoms with Crippen LogP contribution in [0.4, 0.5) is 4.79 Å². The van der Waals surface area contributed by atoms with Crippen molar-refractivity contribution in [3.8, 4) is 0 Å². The van der Waals surface area contributed by atoms with Gasteiger partial charge in [0.15, 0.2) is 0 Å². The average molecular weight is 231 g/mol. The second-order valence-electron chi connectivity index (χ2n) is 5.27. The fraction of sp³-hybridized carbons (Fsp3) is 0.917. The summed E-state index contributed by atoms with van der Waals surface area (Å²) >= 11 is 0. The van der Waals surface area contributed by atoms with Crippen LogP contribution in [-0.2, 0) is 4.74 Å². The summed E-state index contributed by atoms with van der Waals surface area (Å²) in [5.41, 5.74) is -0.500. The first-order valence-corrected chi connectivity index (χ1v) is 5.88. The highest BCUT2D eigenvalue weighted by Gasteiger charge is 2.19. The second kappa shape index (κ2) is 6.74. The van der Waals surface area contributed by atoms with E-state index in [0.717, 1.165) is 12.8 Å². The van der Waals surface area contributed by atoms with Gasteiger partial charge < -0.3 is 15.2 Å². The van der Waals surface area contributed by atoms with Gasteiger partial charge >= 0.3 is 6.09 Å². The number of alkyl carbamates (subject to hydrolysis) is 1. The molecule has 0 radical (unpaired) electrons. The van der Waals surface area contributed by atoms with Crippen molar-refractivity contribution in [1.29, 1.82) is 0 Å². The van der Waals surface area contributed by atoms with E-state index in [2.05, 4.69) is 19.2 Å². The number of aliphatic hydroxyl groups is 1. The highest BCUT2D eigenvalue weighted by molar-refractivity contribution is 5.68. The molecule has 0 aliphatic heterocycles. The maximum atomic E-state index is 11.5. The van der Waals surface area contributed by atoms with Crippen LogP contribution >= 0.6 is 0 Å². The number of hydrogen-bond acceptors (Lipinski definition) is 3. The standard InChI is InChI=1S/C12H25NO3/c1-6-9(2)7-10(8-14)13-11(15)16-12(3,4)5/h9-10,14H,6-8H2,1-5H3,(H,13,15)/t9?,10-/m0/s1. The van der Waals surface area contributed by atoms with Gasteiger partial charge in [-0.3, -0.25) is 0 Å². The van der Waals surface area contributed by atoms with Crippen LogP contribution in [0.15, 0.2) is 0 Å². The smallest absolute Gasteiger partial charge is 0.407 e. The van der Waals surface area contributed by atoms with E-state index in [1.165, 1.54) is 0 Å². The minimum absolute atomic E-state index is 0.0520. The van der Waals surface area contributed by atoms with Gasteiger partial charge in [0.1, 0.15) is 5.60 Å². The quantitative estimate of drug-likeness (QED) is 0.763. The van der Waals surface area contributed by atoms with Crippen LogP contribution in [-0.4, -0.2) is 29.4 Å². The van der Waals surface area contributed by atoms with E-state index in [4.69, 9.17) is 9.84 Å². The van der Waals surface area contributed by atoms with Crippen LogP contribution < -0.4 is 5.32 Å². The van der Waals surface area contributed by atoms with Crippen molar-refractivity contribution in [2.45, 2.75) is 59.1 Å². The minimum Gasteiger partial charge on any atom is -0.444 e. The maximum Gasteiger partial charge on any atom is 0.407 e. The Bertz CT molecular complexity index is 211. The fourth-order valence-electron chi connectivity index (χ4n) is 1.31. The third-order valence-corrected chi connectivity index (χ3v) is 2.33. The van der Waals surface area contributed by atoms with E-state index >= 15 is 0 Å². The second-order valence-corrected chi connectivity index (χ2v) is 5.27. The molecule has 0 rings (SSSR count). The van der Waals surface area contributed by atoms with Gasteiger partial charge in [-0.05, 0) is 33.1 Å². The third kappa shape index (κ3) is 7.51. The number of hydrogen-bond donors (Lipinski definition) is 2. The van der Waals surface area contributed by atoms with Crippen LogP contribution in [0.1, 0.15) is 47.5 Å². The molecule has 2 atom stereocenters. The molecule has 1 unspecified atom stereocenters. The number of nitrogens with one attached hydrogen (secondary N) is 1. The van der Waals surface area contributed by atoms with Crippen molar-refractivity contribution in [3.05, 3.63) is 0 Å². The average Bonchev–Trinajstić information content (AvgIpc) is 2.13. The van der Waals surface area contributed by atoms with Crippen molar-refractivity contribution < 1.29 is 14.6 Å². The summed E-state index contributed by atoms with van der Waals surface area (Å²) in [6, 6.07) is -0.218. The number of carbonyl (C=O) groups excluding carboxylic acids is 1. The van der Waals surface area contributed by atoms with E-state index in [0.29, 0.717) is 5.92 Å². The van der Waals surface area contributed by atoms with Gasteiger partial charge in [0.2, 0.25) is 0 Å². The van der Waals surface area contributed by atoms with Gasteiger partial charge in [-0.15, -0.1) is 0 Å². The van der Waals surface area contributed by atoms with Gasteiger partial charge in [0, 0.05) is 0 Å². The molecule has 0 aliphatic carbocycles. The molecule has 0 fully saturated rings. The van der Waals surface area contributed by atoms with Crippen molar-refractivity contribution >= 4 is 6.09 Å². The lowest BCUT2D eigenvalue weighted by atomic mass is 10.00. The largest absolute Gasteiger partial charge is 0.444 e. The predicted octanol–water partition coefficient (Wildman–Crippen LogP) is 2.31. The summed E-state index contributed by atoms with van der Waals surface area (Å²) < 4.78 is 5.12. The Kier molecular flexibility index (Phi) is 6.41. The Hall–Kier alpha value is -0.770. The Balaban J connectivity index is 4.07. The molecule has 2 N–H and O–H groups in total. The van der Waals surface area contributed by atoms with Crippen LogP contribution in [0, 0.1) is 5.92 Å². The Morgan fingerprint density at radius 2 is 2.00 bits per heavy atom. The lowest BCUT2D eigenvalue weighted by molar-refractivity contribution is 0.0473. The fourth-order valence-corrected chi connectivity index (χ4v) is 1.31. The first kappa shape index (κ1) is 15.2. The Morgan fingerprint density at radius 1 is 1.44 bits per heavy atom. The van der Waals surface area contributed by atoms with E-state index in [1.807, 2.05) is 20.8 Å². The van der Waals surface area contributed by atoms with Crippen LogP contribution in [0.2, 0.25) is 0 Å². The Labute approximate surface area is 98.4 Å². The van der Waals surface area contributed by atoms with E-state index in [9.17, 15) is 4.79 Å². The molecule has 16 heavy (non-hydrogen) atoms. The predicted molar refractivity (Wildman–Crippen MR) is 64.3 cm³/mol. The van der Waals surface area contributed by atoms with Gasteiger partial charge in [-0.1, -0.05) is 20.3 Å². The lowest BCUT2D eigenvalue weighted by Crippen LogP contribution is -2.41. The number of amides is 1. The molecule has 0 aromatic carbocycles. The van der Waals surface area contributed by atoms with Crippen molar-refractivity contribution in [2.24, 2.45) is 5.92 Å². The monoisotopic (exact) mass is 231 g/mol. The molecule has 0 bridgehead atoms. The molecule has 0 saturated heterocycles. The SMILES string of the molecule is CCC(C)C[C@@H](CO)NC(=O)OC(C)(C)C. The zero-order valence-corrected chi connectivity index (χ0v) is 11.0. The zero-order valence-electron chi connectivity index (χ0n) is 11.0. The molecule has 0 aromatic rings. The van der Waals surface area contributed by atoms with Crippen LogP contribution in [0.5, 0.6) is 0 Å². The summed E-state index contributed by atoms with van der Waals surface area (Å²) in [4.78, 5) is 11.5. The molecule has 0 spiro atoms. The van der Waals surface area contributed by atoms with Crippen molar-refractivity contribution in [2.75, 3.05) is 6.61 Å². The molecule has 0 aromatic heterocycles. The molecular formula is C12H25NO3. The zero-order chi connectivity index (χ0) is 12.8. The minimum atomic E-state index is -0.500. The molecule has 4 nitrogen and oxygen atoms in total. The third-order valence-electron chi connectivity index (χ3n) is 2.33.